The van der Waals surface area contributed by atoms with E-state index >= 15 is 0 Å². The van der Waals surface area contributed by atoms with Crippen LogP contribution in [0.4, 0.5) is 13.2 Å². The molecule has 10 heteroatoms. The van der Waals surface area contributed by atoms with Crippen LogP contribution in [0.5, 0.6) is 0 Å². The maximum atomic E-state index is 13.0. The van der Waals surface area contributed by atoms with Crippen LogP contribution in [0.15, 0.2) is 29.1 Å². The van der Waals surface area contributed by atoms with Crippen molar-refractivity contribution in [1.29, 1.82) is 0 Å². The lowest BCUT2D eigenvalue weighted by molar-refractivity contribution is -0.137. The Morgan fingerprint density at radius 2 is 2.06 bits per heavy atom. The molecule has 1 aromatic rings. The van der Waals surface area contributed by atoms with Crippen molar-refractivity contribution in [3.8, 4) is 0 Å². The Morgan fingerprint density at radius 1 is 1.29 bits per heavy atom. The van der Waals surface area contributed by atoms with Crippen LogP contribution in [-0.4, -0.2) is 60.9 Å². The van der Waals surface area contributed by atoms with E-state index in [9.17, 15) is 22.8 Å². The summed E-state index contributed by atoms with van der Waals surface area (Å²) in [4.78, 5) is 26.5. The highest BCUT2D eigenvalue weighted by molar-refractivity contribution is 5.81. The van der Waals surface area contributed by atoms with Gasteiger partial charge in [-0.05, 0) is 19.4 Å². The van der Waals surface area contributed by atoms with Crippen LogP contribution in [0.1, 0.15) is 24.6 Å². The Kier molecular flexibility index (Phi) is 7.55. The Morgan fingerprint density at radius 3 is 2.77 bits per heavy atom. The molecule has 0 unspecified atom stereocenters. The van der Waals surface area contributed by atoms with Crippen molar-refractivity contribution in [2.75, 3.05) is 33.4 Å². The van der Waals surface area contributed by atoms with Crippen LogP contribution in [-0.2, 0) is 33.5 Å². The number of fused-ring (bicyclic) bond motifs is 1. The number of halogens is 3. The first-order valence-electron chi connectivity index (χ1n) is 10.3. The summed E-state index contributed by atoms with van der Waals surface area (Å²) in [6.45, 7) is 4.06. The highest BCUT2D eigenvalue weighted by atomic mass is 19.4. The van der Waals surface area contributed by atoms with Crippen molar-refractivity contribution in [3.63, 3.8) is 0 Å². The highest BCUT2D eigenvalue weighted by Crippen LogP contribution is 2.30. The minimum absolute atomic E-state index is 0.00798. The van der Waals surface area contributed by atoms with E-state index in [1.54, 1.807) is 7.11 Å². The Labute approximate surface area is 178 Å². The first-order chi connectivity index (χ1) is 14.7. The lowest BCUT2D eigenvalue weighted by atomic mass is 10.0. The van der Waals surface area contributed by atoms with Crippen molar-refractivity contribution < 1.29 is 27.4 Å². The average Bonchev–Trinajstić information content (AvgIpc) is 3.20. The number of carbonyl (C=O) groups is 1. The molecule has 31 heavy (non-hydrogen) atoms. The molecule has 0 spiro atoms. The van der Waals surface area contributed by atoms with Crippen LogP contribution < -0.4 is 10.9 Å². The summed E-state index contributed by atoms with van der Waals surface area (Å²) in [6, 6.07) is 1.60. The Hall–Kier alpha value is -2.17. The number of alkyl halides is 3. The summed E-state index contributed by atoms with van der Waals surface area (Å²) in [5.41, 5.74) is -1.47. The predicted octanol–water partition coefficient (Wildman–Crippen LogP) is 1.80. The van der Waals surface area contributed by atoms with Crippen molar-refractivity contribution in [1.82, 2.24) is 14.8 Å². The van der Waals surface area contributed by atoms with Gasteiger partial charge >= 0.3 is 6.18 Å². The molecule has 0 fully saturated rings. The normalized spacial score (nSPS) is 21.9. The number of hydrogen-bond donors (Lipinski definition) is 1. The van der Waals surface area contributed by atoms with Crippen molar-refractivity contribution in [2.24, 2.45) is 5.92 Å². The fraction of sp³-hybridized carbons (Fsp3) is 0.619. The van der Waals surface area contributed by atoms with Gasteiger partial charge in [-0.2, -0.15) is 13.2 Å². The molecule has 1 aromatic heterocycles. The van der Waals surface area contributed by atoms with Crippen LogP contribution in [0.2, 0.25) is 0 Å². The van der Waals surface area contributed by atoms with Crippen LogP contribution in [0.25, 0.3) is 0 Å². The van der Waals surface area contributed by atoms with Crippen molar-refractivity contribution in [2.45, 2.75) is 44.8 Å². The molecule has 0 radical (unpaired) electrons. The molecule has 172 valence electrons. The number of nitrogens with zero attached hydrogens (tertiary/aromatic N) is 2. The molecule has 0 saturated carbocycles. The largest absolute Gasteiger partial charge is 0.416 e. The molecule has 3 rings (SSSR count). The quantitative estimate of drug-likeness (QED) is 0.490. The Bertz CT molecular complexity index is 868. The lowest BCUT2D eigenvalue weighted by Crippen LogP contribution is -2.44. The number of rotatable bonds is 8. The van der Waals surface area contributed by atoms with Crippen LogP contribution in [0.3, 0.4) is 0 Å². The second-order valence-electron chi connectivity index (χ2n) is 7.89. The first kappa shape index (κ1) is 23.5. The number of pyridine rings is 1. The van der Waals surface area contributed by atoms with Gasteiger partial charge in [0.15, 0.2) is 0 Å². The SMILES string of the molecule is CO[C@@H](C)COCCN[C@@H]1C=C[C@H](C(=O)N2CCn3c(cc(C(F)(F)F)cc3=O)C2)C1. The van der Waals surface area contributed by atoms with E-state index in [-0.39, 0.29) is 42.8 Å². The van der Waals surface area contributed by atoms with E-state index in [0.717, 1.165) is 6.07 Å². The number of carbonyl (C=O) groups excluding carboxylic acids is 1. The zero-order valence-electron chi connectivity index (χ0n) is 17.7. The molecule has 2 aliphatic rings. The summed E-state index contributed by atoms with van der Waals surface area (Å²) in [5.74, 6) is -0.474. The zero-order chi connectivity index (χ0) is 22.6. The smallest absolute Gasteiger partial charge is 0.379 e. The molecule has 7 nitrogen and oxygen atoms in total. The van der Waals surface area contributed by atoms with Gasteiger partial charge in [0.2, 0.25) is 5.91 Å². The van der Waals surface area contributed by atoms with Gasteiger partial charge in [0.05, 0.1) is 37.3 Å². The van der Waals surface area contributed by atoms with E-state index in [2.05, 4.69) is 5.32 Å². The molecule has 1 N–H and O–H groups in total. The average molecular weight is 443 g/mol. The minimum atomic E-state index is -4.60. The number of aromatic nitrogens is 1. The second kappa shape index (κ2) is 9.97. The number of hydrogen-bond acceptors (Lipinski definition) is 5. The van der Waals surface area contributed by atoms with Gasteiger partial charge in [0.25, 0.3) is 5.56 Å². The van der Waals surface area contributed by atoms with Crippen molar-refractivity contribution >= 4 is 5.91 Å². The van der Waals surface area contributed by atoms with E-state index in [1.165, 1.54) is 9.47 Å². The first-order valence-corrected chi connectivity index (χ1v) is 10.3. The zero-order valence-corrected chi connectivity index (χ0v) is 17.7. The fourth-order valence-electron chi connectivity index (χ4n) is 3.79. The van der Waals surface area contributed by atoms with Gasteiger partial charge < -0.3 is 24.3 Å². The number of methoxy groups -OCH3 is 1. The molecule has 0 aromatic carbocycles. The summed E-state index contributed by atoms with van der Waals surface area (Å²) < 4.78 is 51.0. The second-order valence-corrected chi connectivity index (χ2v) is 7.89. The Balaban J connectivity index is 1.52. The minimum Gasteiger partial charge on any atom is -0.379 e. The topological polar surface area (TPSA) is 72.8 Å². The molecule has 3 atom stereocenters. The molecule has 2 heterocycles. The lowest BCUT2D eigenvalue weighted by Gasteiger charge is -2.32. The van der Waals surface area contributed by atoms with Gasteiger partial charge in [-0.15, -0.1) is 0 Å². The molecule has 1 amide bonds. The van der Waals surface area contributed by atoms with Gasteiger partial charge in [0, 0.05) is 44.5 Å². The summed E-state index contributed by atoms with van der Waals surface area (Å²) in [5, 5.41) is 3.31. The van der Waals surface area contributed by atoms with E-state index in [4.69, 9.17) is 9.47 Å². The molecule has 0 saturated heterocycles. The van der Waals surface area contributed by atoms with Crippen LogP contribution in [0, 0.1) is 5.92 Å². The van der Waals surface area contributed by atoms with Gasteiger partial charge in [-0.25, -0.2) is 0 Å². The van der Waals surface area contributed by atoms with Gasteiger partial charge in [-0.1, -0.05) is 12.2 Å². The standard InChI is InChI=1S/C21H28F3N3O4/c1-14(30-2)13-31-8-5-25-17-4-3-15(9-17)20(29)26-6-7-27-18(12-26)10-16(11-19(27)28)21(22,23)24/h3-4,10-11,14-15,17,25H,5-9,12-13H2,1-2H3/t14-,15-,17+/m0/s1. The third-order valence-corrected chi connectivity index (χ3v) is 5.61. The molecule has 1 aliphatic carbocycles. The van der Waals surface area contributed by atoms with E-state index in [1.807, 2.05) is 19.1 Å². The highest BCUT2D eigenvalue weighted by Gasteiger charge is 2.34. The molecular weight excluding hydrogens is 415 g/mol. The van der Waals surface area contributed by atoms with Crippen LogP contribution >= 0.6 is 0 Å². The summed E-state index contributed by atoms with van der Waals surface area (Å²) in [6.07, 6.45) is -0.212. The third-order valence-electron chi connectivity index (χ3n) is 5.61. The van der Waals surface area contributed by atoms with E-state index < -0.39 is 17.3 Å². The fourth-order valence-corrected chi connectivity index (χ4v) is 3.79. The van der Waals surface area contributed by atoms with E-state index in [0.29, 0.717) is 38.8 Å². The summed E-state index contributed by atoms with van der Waals surface area (Å²) >= 11 is 0. The summed E-state index contributed by atoms with van der Waals surface area (Å²) in [7, 11) is 1.63. The predicted molar refractivity (Wildman–Crippen MR) is 107 cm³/mol. The van der Waals surface area contributed by atoms with Gasteiger partial charge in [-0.3, -0.25) is 9.59 Å². The van der Waals surface area contributed by atoms with Crippen molar-refractivity contribution in [3.05, 3.63) is 45.9 Å². The number of nitrogens with one attached hydrogen (secondary N) is 1. The third kappa shape index (κ3) is 5.96. The monoisotopic (exact) mass is 443 g/mol. The molecule has 0 bridgehead atoms. The number of ether oxygens (including phenoxy) is 2. The maximum absolute atomic E-state index is 13.0. The molecular formula is C21H28F3N3O4. The maximum Gasteiger partial charge on any atom is 0.416 e. The molecule has 1 aliphatic heterocycles. The van der Waals surface area contributed by atoms with Gasteiger partial charge in [0.1, 0.15) is 0 Å². The number of amides is 1.